The highest BCUT2D eigenvalue weighted by Crippen LogP contribution is 2.38. The van der Waals surface area contributed by atoms with E-state index in [-0.39, 0.29) is 17.1 Å². The van der Waals surface area contributed by atoms with Crippen molar-refractivity contribution >= 4 is 40.6 Å². The zero-order valence-electron chi connectivity index (χ0n) is 12.8. The molecule has 0 atom stereocenters. The van der Waals surface area contributed by atoms with Gasteiger partial charge in [-0.15, -0.1) is 23.5 Å². The summed E-state index contributed by atoms with van der Waals surface area (Å²) in [5.74, 6) is 2.24. The zero-order chi connectivity index (χ0) is 16.8. The minimum absolute atomic E-state index is 0.00946. The van der Waals surface area contributed by atoms with E-state index in [1.54, 1.807) is 0 Å². The Hall–Kier alpha value is -1.48. The van der Waals surface area contributed by atoms with Gasteiger partial charge in [-0.25, -0.2) is 0 Å². The highest BCUT2D eigenvalue weighted by atomic mass is 32.2. The van der Waals surface area contributed by atoms with Gasteiger partial charge in [-0.3, -0.25) is 20.2 Å². The van der Waals surface area contributed by atoms with Gasteiger partial charge < -0.3 is 5.32 Å². The Labute approximate surface area is 142 Å². The Bertz CT molecular complexity index is 556. The van der Waals surface area contributed by atoms with Gasteiger partial charge in [-0.1, -0.05) is 6.92 Å². The fourth-order valence-electron chi connectivity index (χ4n) is 2.39. The van der Waals surface area contributed by atoms with Crippen molar-refractivity contribution < 1.29 is 9.85 Å². The van der Waals surface area contributed by atoms with Crippen LogP contribution < -0.4 is 5.32 Å². The lowest BCUT2D eigenvalue weighted by atomic mass is 10.1. The Kier molecular flexibility index (Phi) is 6.52. The minimum atomic E-state index is -0.548. The first kappa shape index (κ1) is 17.9. The predicted molar refractivity (Wildman–Crippen MR) is 95.6 cm³/mol. The van der Waals surface area contributed by atoms with Crippen LogP contribution in [0.1, 0.15) is 25.3 Å². The Balaban J connectivity index is 2.28. The molecular formula is C14H19N3O4S2. The fraction of sp³-hybridized carbons (Fsp3) is 0.571. The van der Waals surface area contributed by atoms with Crippen LogP contribution >= 0.6 is 23.5 Å². The lowest BCUT2D eigenvalue weighted by Gasteiger charge is -2.10. The van der Waals surface area contributed by atoms with Crippen LogP contribution in [-0.4, -0.2) is 32.5 Å². The van der Waals surface area contributed by atoms with Crippen molar-refractivity contribution in [2.75, 3.05) is 23.4 Å². The molecule has 1 saturated heterocycles. The molecule has 1 aromatic carbocycles. The lowest BCUT2D eigenvalue weighted by molar-refractivity contribution is -0.392. The Morgan fingerprint density at radius 2 is 1.74 bits per heavy atom. The highest BCUT2D eigenvalue weighted by molar-refractivity contribution is 8.20. The molecule has 0 aromatic heterocycles. The molecule has 0 amide bonds. The number of nitro benzene ring substituents is 2. The van der Waals surface area contributed by atoms with Crippen molar-refractivity contribution in [3.63, 3.8) is 0 Å². The fourth-order valence-corrected chi connectivity index (χ4v) is 5.22. The molecule has 1 N–H and O–H groups in total. The van der Waals surface area contributed by atoms with Gasteiger partial charge in [0.25, 0.3) is 11.4 Å². The molecule has 1 heterocycles. The van der Waals surface area contributed by atoms with E-state index in [4.69, 9.17) is 0 Å². The van der Waals surface area contributed by atoms with Gasteiger partial charge in [0.05, 0.1) is 14.4 Å². The van der Waals surface area contributed by atoms with E-state index in [1.165, 1.54) is 12.1 Å². The average Bonchev–Trinajstić information content (AvgIpc) is 3.03. The molecule has 1 aliphatic rings. The molecule has 0 aliphatic carbocycles. The van der Waals surface area contributed by atoms with E-state index >= 15 is 0 Å². The Morgan fingerprint density at radius 1 is 1.17 bits per heavy atom. The van der Waals surface area contributed by atoms with Crippen molar-refractivity contribution in [2.45, 2.75) is 30.8 Å². The van der Waals surface area contributed by atoms with Crippen molar-refractivity contribution in [1.29, 1.82) is 0 Å². The highest BCUT2D eigenvalue weighted by Gasteiger charge is 2.27. The third kappa shape index (κ3) is 4.74. The lowest BCUT2D eigenvalue weighted by Crippen LogP contribution is -2.08. The van der Waals surface area contributed by atoms with Crippen LogP contribution in [0, 0.1) is 20.2 Å². The monoisotopic (exact) mass is 357 g/mol. The number of rotatable bonds is 8. The van der Waals surface area contributed by atoms with Crippen LogP contribution in [0.2, 0.25) is 0 Å². The zero-order valence-corrected chi connectivity index (χ0v) is 14.5. The van der Waals surface area contributed by atoms with Crippen LogP contribution in [0.5, 0.6) is 0 Å². The number of thioether (sulfide) groups is 2. The summed E-state index contributed by atoms with van der Waals surface area (Å²) in [4.78, 5) is 21.5. The van der Waals surface area contributed by atoms with E-state index in [0.717, 1.165) is 24.3 Å². The average molecular weight is 357 g/mol. The smallest absolute Gasteiger partial charge is 0.299 e. The van der Waals surface area contributed by atoms with E-state index in [9.17, 15) is 20.2 Å². The van der Waals surface area contributed by atoms with Crippen LogP contribution in [0.4, 0.5) is 17.1 Å². The van der Waals surface area contributed by atoms with Gasteiger partial charge in [0.1, 0.15) is 0 Å². The molecule has 9 heteroatoms. The maximum atomic E-state index is 11.3. The van der Waals surface area contributed by atoms with E-state index in [2.05, 4.69) is 5.32 Å². The predicted octanol–water partition coefficient (Wildman–Crippen LogP) is 4.06. The third-order valence-corrected chi connectivity index (χ3v) is 6.63. The van der Waals surface area contributed by atoms with E-state index < -0.39 is 9.85 Å². The normalized spacial score (nSPS) is 14.8. The topological polar surface area (TPSA) is 98.3 Å². The molecule has 2 rings (SSSR count). The SMILES string of the molecule is CCCNc1c([N+](=O)[O-])cc(CCC2SCCS2)cc1[N+](=O)[O-]. The van der Waals surface area contributed by atoms with Gasteiger partial charge >= 0.3 is 0 Å². The number of anilines is 1. The molecule has 0 radical (unpaired) electrons. The molecule has 126 valence electrons. The number of hydrogen-bond acceptors (Lipinski definition) is 7. The molecule has 7 nitrogen and oxygen atoms in total. The molecule has 0 spiro atoms. The largest absolute Gasteiger partial charge is 0.374 e. The summed E-state index contributed by atoms with van der Waals surface area (Å²) in [5, 5.41) is 25.4. The van der Waals surface area contributed by atoms with Crippen molar-refractivity contribution in [3.8, 4) is 0 Å². The molecular weight excluding hydrogens is 338 g/mol. The first-order chi connectivity index (χ1) is 11.0. The minimum Gasteiger partial charge on any atom is -0.374 e. The van der Waals surface area contributed by atoms with Crippen molar-refractivity contribution in [1.82, 2.24) is 0 Å². The number of nitrogens with zero attached hydrogens (tertiary/aromatic N) is 2. The summed E-state index contributed by atoms with van der Waals surface area (Å²) >= 11 is 3.76. The first-order valence-corrected chi connectivity index (χ1v) is 9.55. The summed E-state index contributed by atoms with van der Waals surface area (Å²) in [7, 11) is 0. The van der Waals surface area contributed by atoms with Gasteiger partial charge in [0.2, 0.25) is 0 Å². The first-order valence-electron chi connectivity index (χ1n) is 7.45. The van der Waals surface area contributed by atoms with Crippen molar-refractivity contribution in [3.05, 3.63) is 37.9 Å². The number of benzene rings is 1. The van der Waals surface area contributed by atoms with Crippen LogP contribution in [0.3, 0.4) is 0 Å². The maximum absolute atomic E-state index is 11.3. The summed E-state index contributed by atoms with van der Waals surface area (Å²) in [6, 6.07) is 2.94. The summed E-state index contributed by atoms with van der Waals surface area (Å²) < 4.78 is 0.478. The quantitative estimate of drug-likeness (QED) is 0.553. The maximum Gasteiger partial charge on any atom is 0.299 e. The van der Waals surface area contributed by atoms with E-state index in [0.29, 0.717) is 23.1 Å². The van der Waals surface area contributed by atoms with Crippen LogP contribution in [0.15, 0.2) is 12.1 Å². The van der Waals surface area contributed by atoms with Crippen LogP contribution in [-0.2, 0) is 6.42 Å². The molecule has 1 aliphatic heterocycles. The van der Waals surface area contributed by atoms with Gasteiger partial charge in [-0.05, 0) is 24.8 Å². The van der Waals surface area contributed by atoms with Crippen molar-refractivity contribution in [2.24, 2.45) is 0 Å². The Morgan fingerprint density at radius 3 is 2.22 bits per heavy atom. The molecule has 0 unspecified atom stereocenters. The summed E-state index contributed by atoms with van der Waals surface area (Å²) in [6.07, 6.45) is 2.21. The molecule has 1 aromatic rings. The number of nitrogens with one attached hydrogen (secondary N) is 1. The standard InChI is InChI=1S/C14H19N3O4S2/c1-2-5-15-14-11(16(18)19)8-10(9-12(14)17(20)21)3-4-13-22-6-7-23-13/h8-9,13,15H,2-7H2,1H3. The van der Waals surface area contributed by atoms with Gasteiger partial charge in [0, 0.05) is 30.2 Å². The van der Waals surface area contributed by atoms with Gasteiger partial charge in [0.15, 0.2) is 5.69 Å². The van der Waals surface area contributed by atoms with E-state index in [1.807, 2.05) is 30.4 Å². The summed E-state index contributed by atoms with van der Waals surface area (Å²) in [6.45, 7) is 2.35. The second-order valence-corrected chi connectivity index (χ2v) is 8.08. The summed E-state index contributed by atoms with van der Waals surface area (Å²) in [5.41, 5.74) is 0.234. The molecule has 0 saturated carbocycles. The third-order valence-electron chi connectivity index (χ3n) is 3.46. The second-order valence-electron chi connectivity index (χ2n) is 5.16. The number of aryl methyl sites for hydroxylation is 1. The number of hydrogen-bond donors (Lipinski definition) is 1. The van der Waals surface area contributed by atoms with Gasteiger partial charge in [-0.2, -0.15) is 0 Å². The van der Waals surface area contributed by atoms with Crippen LogP contribution in [0.25, 0.3) is 0 Å². The molecule has 1 fully saturated rings. The second kappa shape index (κ2) is 8.39. The molecule has 23 heavy (non-hydrogen) atoms. The molecule has 0 bridgehead atoms. The number of nitro groups is 2.